The van der Waals surface area contributed by atoms with E-state index >= 15 is 0 Å². The first-order valence-electron chi connectivity index (χ1n) is 12.0. The molecule has 4 aromatic rings. The highest BCUT2D eigenvalue weighted by atomic mass is 32.2. The number of carbonyl (C=O) groups is 1. The molecule has 1 aliphatic heterocycles. The molecular formula is C27H25FN4O5S. The summed E-state index contributed by atoms with van der Waals surface area (Å²) in [6, 6.07) is 15.0. The van der Waals surface area contributed by atoms with E-state index in [4.69, 9.17) is 9.05 Å². The highest BCUT2D eigenvalue weighted by molar-refractivity contribution is 7.89. The Hall–Kier alpha value is -4.09. The van der Waals surface area contributed by atoms with Gasteiger partial charge in [0.05, 0.1) is 12.1 Å². The summed E-state index contributed by atoms with van der Waals surface area (Å²) in [4.78, 5) is 12.9. The molecule has 1 saturated heterocycles. The normalized spacial score (nSPS) is 16.6. The van der Waals surface area contributed by atoms with Gasteiger partial charge in [0, 0.05) is 36.0 Å². The van der Waals surface area contributed by atoms with Gasteiger partial charge in [0.2, 0.25) is 15.9 Å². The van der Waals surface area contributed by atoms with E-state index in [1.165, 1.54) is 29.4 Å². The minimum absolute atomic E-state index is 0.00387. The van der Waals surface area contributed by atoms with Crippen LogP contribution in [-0.2, 0) is 14.8 Å². The number of amides is 1. The Morgan fingerprint density at radius 2 is 1.89 bits per heavy atom. The van der Waals surface area contributed by atoms with E-state index in [9.17, 15) is 17.6 Å². The van der Waals surface area contributed by atoms with Gasteiger partial charge in [-0.15, -0.1) is 0 Å². The first-order valence-corrected chi connectivity index (χ1v) is 13.5. The summed E-state index contributed by atoms with van der Waals surface area (Å²) in [7, 11) is -4.03. The van der Waals surface area contributed by atoms with E-state index < -0.39 is 21.8 Å². The molecule has 0 spiro atoms. The van der Waals surface area contributed by atoms with Gasteiger partial charge in [0.1, 0.15) is 11.5 Å². The lowest BCUT2D eigenvalue weighted by atomic mass is 9.98. The van der Waals surface area contributed by atoms with Gasteiger partial charge in [0.25, 0.3) is 0 Å². The van der Waals surface area contributed by atoms with Crippen molar-refractivity contribution in [2.75, 3.05) is 18.4 Å². The van der Waals surface area contributed by atoms with Gasteiger partial charge in [-0.05, 0) is 62.2 Å². The summed E-state index contributed by atoms with van der Waals surface area (Å²) < 4.78 is 52.9. The molecule has 0 radical (unpaired) electrons. The number of nitrogens with one attached hydrogen (secondary N) is 1. The Balaban J connectivity index is 1.30. The topological polar surface area (TPSA) is 119 Å². The first kappa shape index (κ1) is 25.6. The lowest BCUT2D eigenvalue weighted by molar-refractivity contribution is -0.120. The van der Waals surface area contributed by atoms with Crippen LogP contribution in [0.25, 0.3) is 23.5 Å². The minimum Gasteiger partial charge on any atom is -0.356 e. The predicted molar refractivity (Wildman–Crippen MR) is 139 cm³/mol. The molecule has 1 aliphatic rings. The monoisotopic (exact) mass is 536 g/mol. The van der Waals surface area contributed by atoms with Crippen molar-refractivity contribution in [2.24, 2.45) is 5.92 Å². The summed E-state index contributed by atoms with van der Waals surface area (Å²) >= 11 is 0. The van der Waals surface area contributed by atoms with Crippen molar-refractivity contribution in [1.82, 2.24) is 14.6 Å². The number of anilines is 1. The van der Waals surface area contributed by atoms with Crippen molar-refractivity contribution in [3.05, 3.63) is 83.6 Å². The predicted octanol–water partition coefficient (Wildman–Crippen LogP) is 4.99. The van der Waals surface area contributed by atoms with Crippen molar-refractivity contribution >= 4 is 33.8 Å². The SMILES string of the molecule is Cc1noc(/C=C/c2ccccc2F)c1S(=O)(=O)N1CCCC(C(=O)Nc2ccc(-c3ccno3)cc2)C1. The molecule has 1 amide bonds. The highest BCUT2D eigenvalue weighted by Gasteiger charge is 2.37. The third-order valence-corrected chi connectivity index (χ3v) is 8.40. The maximum Gasteiger partial charge on any atom is 0.248 e. The van der Waals surface area contributed by atoms with Crippen LogP contribution in [0.3, 0.4) is 0 Å². The summed E-state index contributed by atoms with van der Waals surface area (Å²) in [5.41, 5.74) is 1.89. The number of hydrogen-bond donors (Lipinski definition) is 1. The van der Waals surface area contributed by atoms with Crippen LogP contribution in [-0.4, -0.2) is 42.0 Å². The second-order valence-electron chi connectivity index (χ2n) is 8.96. The van der Waals surface area contributed by atoms with Crippen LogP contribution in [0.4, 0.5) is 10.1 Å². The Bertz CT molecular complexity index is 1560. The molecule has 5 rings (SSSR count). The number of carbonyl (C=O) groups excluding carboxylic acids is 1. The molecule has 2 aromatic heterocycles. The molecule has 3 heterocycles. The maximum atomic E-state index is 14.0. The summed E-state index contributed by atoms with van der Waals surface area (Å²) in [6.45, 7) is 1.82. The molecule has 2 aromatic carbocycles. The van der Waals surface area contributed by atoms with E-state index in [0.717, 1.165) is 5.56 Å². The Labute approximate surface area is 219 Å². The van der Waals surface area contributed by atoms with Crippen LogP contribution >= 0.6 is 0 Å². The van der Waals surface area contributed by atoms with Gasteiger partial charge in [0.15, 0.2) is 16.4 Å². The van der Waals surface area contributed by atoms with Gasteiger partial charge in [-0.2, -0.15) is 4.31 Å². The number of benzene rings is 2. The lowest BCUT2D eigenvalue weighted by Gasteiger charge is -2.31. The number of aryl methyl sites for hydroxylation is 1. The molecule has 0 aliphatic carbocycles. The zero-order valence-electron chi connectivity index (χ0n) is 20.5. The third kappa shape index (κ3) is 5.29. The van der Waals surface area contributed by atoms with Gasteiger partial charge in [-0.1, -0.05) is 28.5 Å². The molecule has 0 bridgehead atoms. The van der Waals surface area contributed by atoms with Crippen molar-refractivity contribution in [3.8, 4) is 11.3 Å². The van der Waals surface area contributed by atoms with E-state index in [2.05, 4.69) is 15.6 Å². The summed E-state index contributed by atoms with van der Waals surface area (Å²) in [6.07, 6.45) is 5.46. The fourth-order valence-corrected chi connectivity index (χ4v) is 6.18. The van der Waals surface area contributed by atoms with Gasteiger partial charge in [-0.3, -0.25) is 4.79 Å². The summed E-state index contributed by atoms with van der Waals surface area (Å²) in [5.74, 6) is -0.627. The minimum atomic E-state index is -4.03. The molecule has 196 valence electrons. The van der Waals surface area contributed by atoms with Crippen molar-refractivity contribution in [1.29, 1.82) is 0 Å². The molecule has 9 nitrogen and oxygen atoms in total. The Morgan fingerprint density at radius 3 is 2.63 bits per heavy atom. The molecule has 38 heavy (non-hydrogen) atoms. The number of halogens is 1. The average molecular weight is 537 g/mol. The largest absolute Gasteiger partial charge is 0.356 e. The van der Waals surface area contributed by atoms with Crippen molar-refractivity contribution in [3.63, 3.8) is 0 Å². The zero-order valence-corrected chi connectivity index (χ0v) is 21.3. The van der Waals surface area contributed by atoms with E-state index in [-0.39, 0.29) is 40.9 Å². The number of sulfonamides is 1. The summed E-state index contributed by atoms with van der Waals surface area (Å²) in [5, 5.41) is 10.4. The van der Waals surface area contributed by atoms with Gasteiger partial charge in [-0.25, -0.2) is 12.8 Å². The van der Waals surface area contributed by atoms with Gasteiger partial charge < -0.3 is 14.4 Å². The highest BCUT2D eigenvalue weighted by Crippen LogP contribution is 2.30. The van der Waals surface area contributed by atoms with E-state index in [0.29, 0.717) is 24.3 Å². The number of rotatable bonds is 7. The van der Waals surface area contributed by atoms with Crippen LogP contribution in [0.5, 0.6) is 0 Å². The van der Waals surface area contributed by atoms with Gasteiger partial charge >= 0.3 is 0 Å². The van der Waals surface area contributed by atoms with E-state index in [1.807, 2.05) is 0 Å². The van der Waals surface area contributed by atoms with E-state index in [1.54, 1.807) is 54.7 Å². The molecule has 11 heteroatoms. The standard InChI is InChI=1S/C27H25FN4O5S/c1-18-26(25(37-31-18)13-10-19-5-2-3-7-23(19)28)38(34,35)32-16-4-6-21(17-32)27(33)30-22-11-8-20(9-12-22)24-14-15-29-36-24/h2-3,5,7-15,21H,4,6,16-17H2,1H3,(H,30,33)/b13-10+. The smallest absolute Gasteiger partial charge is 0.248 e. The van der Waals surface area contributed by atoms with Crippen LogP contribution in [0.1, 0.15) is 29.9 Å². The fraction of sp³-hybridized carbons (Fsp3) is 0.222. The second kappa shape index (κ2) is 10.7. The number of aromatic nitrogens is 2. The van der Waals surface area contributed by atoms with Crippen LogP contribution in [0.2, 0.25) is 0 Å². The first-order chi connectivity index (χ1) is 18.3. The zero-order chi connectivity index (χ0) is 26.7. The molecule has 1 unspecified atom stereocenters. The molecule has 1 atom stereocenters. The fourth-order valence-electron chi connectivity index (χ4n) is 4.41. The number of nitrogens with zero attached hydrogens (tertiary/aromatic N) is 3. The average Bonchev–Trinajstić information content (AvgIpc) is 3.59. The van der Waals surface area contributed by atoms with Crippen LogP contribution < -0.4 is 5.32 Å². The number of hydrogen-bond acceptors (Lipinski definition) is 7. The lowest BCUT2D eigenvalue weighted by Crippen LogP contribution is -2.43. The number of piperidine rings is 1. The van der Waals surface area contributed by atoms with Crippen LogP contribution in [0, 0.1) is 18.7 Å². The molecule has 0 saturated carbocycles. The third-order valence-electron chi connectivity index (χ3n) is 6.38. The molecular weight excluding hydrogens is 511 g/mol. The maximum absolute atomic E-state index is 14.0. The molecule has 1 fully saturated rings. The molecule has 1 N–H and O–H groups in total. The Kier molecular flexibility index (Phi) is 7.21. The van der Waals surface area contributed by atoms with Crippen LogP contribution in [0.15, 0.2) is 74.7 Å². The Morgan fingerprint density at radius 1 is 1.11 bits per heavy atom. The second-order valence-corrected chi connectivity index (χ2v) is 10.8. The van der Waals surface area contributed by atoms with Crippen molar-refractivity contribution < 1.29 is 26.6 Å². The van der Waals surface area contributed by atoms with Crippen molar-refractivity contribution in [2.45, 2.75) is 24.7 Å². The quantitative estimate of drug-likeness (QED) is 0.354.